The maximum atomic E-state index is 12.9. The SMILES string of the molecule is C[C@H](OC(=O)c1cn(-c2ccccc2)nc1-c1cccnc1)C(=O)N1CCNC1=O. The molecule has 3 amide bonds. The molecule has 1 aliphatic rings. The number of ether oxygens (including phenoxy) is 1. The summed E-state index contributed by atoms with van der Waals surface area (Å²) in [6, 6.07) is 12.3. The van der Waals surface area contributed by atoms with Crippen LogP contribution in [0.5, 0.6) is 0 Å². The molecule has 0 unspecified atom stereocenters. The molecule has 0 bridgehead atoms. The fourth-order valence-corrected chi connectivity index (χ4v) is 3.13. The van der Waals surface area contributed by atoms with Gasteiger partial charge >= 0.3 is 12.0 Å². The Morgan fingerprint density at radius 1 is 1.17 bits per heavy atom. The van der Waals surface area contributed by atoms with Gasteiger partial charge in [0.15, 0.2) is 6.10 Å². The molecule has 0 spiro atoms. The lowest BCUT2D eigenvalue weighted by molar-refractivity contribution is -0.136. The summed E-state index contributed by atoms with van der Waals surface area (Å²) in [4.78, 5) is 42.2. The van der Waals surface area contributed by atoms with Crippen LogP contribution in [0.25, 0.3) is 16.9 Å². The Morgan fingerprint density at radius 2 is 1.97 bits per heavy atom. The van der Waals surface area contributed by atoms with Crippen LogP contribution in [0.4, 0.5) is 4.79 Å². The molecule has 1 saturated heterocycles. The Bertz CT molecular complexity index is 1080. The number of urea groups is 1. The van der Waals surface area contributed by atoms with Crippen LogP contribution in [-0.4, -0.2) is 56.8 Å². The lowest BCUT2D eigenvalue weighted by atomic mass is 10.1. The van der Waals surface area contributed by atoms with Crippen LogP contribution in [0, 0.1) is 0 Å². The molecule has 1 aliphatic heterocycles. The fraction of sp³-hybridized carbons (Fsp3) is 0.190. The Morgan fingerprint density at radius 3 is 2.63 bits per heavy atom. The van der Waals surface area contributed by atoms with E-state index in [1.165, 1.54) is 6.92 Å². The molecule has 4 rings (SSSR count). The number of carbonyl (C=O) groups is 3. The number of aromatic nitrogens is 3. The van der Waals surface area contributed by atoms with Gasteiger partial charge in [-0.15, -0.1) is 0 Å². The third-order valence-electron chi connectivity index (χ3n) is 4.64. The summed E-state index contributed by atoms with van der Waals surface area (Å²) in [7, 11) is 0. The number of rotatable bonds is 5. The normalized spacial score (nSPS) is 14.3. The molecule has 3 aromatic rings. The largest absolute Gasteiger partial charge is 0.449 e. The summed E-state index contributed by atoms with van der Waals surface area (Å²) in [6.45, 7) is 2.06. The van der Waals surface area contributed by atoms with Gasteiger partial charge in [0.2, 0.25) is 0 Å². The maximum absolute atomic E-state index is 12.9. The quantitative estimate of drug-likeness (QED) is 0.651. The Kier molecular flexibility index (Phi) is 5.25. The lowest BCUT2D eigenvalue weighted by Crippen LogP contribution is -2.41. The standard InChI is InChI=1S/C21H19N5O4/c1-14(19(27)25-11-10-23-21(25)29)30-20(28)17-13-26(16-7-3-2-4-8-16)24-18(17)15-6-5-9-22-12-15/h2-9,12-14H,10-11H2,1H3,(H,23,29)/t14-/m0/s1. The number of nitrogens with one attached hydrogen (secondary N) is 1. The third kappa shape index (κ3) is 3.77. The topological polar surface area (TPSA) is 106 Å². The Labute approximate surface area is 172 Å². The van der Waals surface area contributed by atoms with E-state index in [9.17, 15) is 14.4 Å². The van der Waals surface area contributed by atoms with Gasteiger partial charge in [-0.1, -0.05) is 18.2 Å². The van der Waals surface area contributed by atoms with E-state index in [1.807, 2.05) is 30.3 Å². The van der Waals surface area contributed by atoms with E-state index in [-0.39, 0.29) is 12.1 Å². The van der Waals surface area contributed by atoms with Crippen molar-refractivity contribution in [3.05, 3.63) is 66.6 Å². The van der Waals surface area contributed by atoms with E-state index in [0.29, 0.717) is 17.8 Å². The van der Waals surface area contributed by atoms with Gasteiger partial charge in [0.05, 0.1) is 5.69 Å². The van der Waals surface area contributed by atoms with E-state index < -0.39 is 24.0 Å². The number of hydrogen-bond donors (Lipinski definition) is 1. The number of hydrogen-bond acceptors (Lipinski definition) is 6. The highest BCUT2D eigenvalue weighted by Gasteiger charge is 2.32. The highest BCUT2D eigenvalue weighted by Crippen LogP contribution is 2.24. The summed E-state index contributed by atoms with van der Waals surface area (Å²) in [6.07, 6.45) is 3.65. The first kappa shape index (κ1) is 19.3. The first-order valence-electron chi connectivity index (χ1n) is 9.40. The number of para-hydroxylation sites is 1. The second kappa shape index (κ2) is 8.16. The van der Waals surface area contributed by atoms with Crippen molar-refractivity contribution in [2.75, 3.05) is 13.1 Å². The van der Waals surface area contributed by atoms with Crippen LogP contribution >= 0.6 is 0 Å². The predicted octanol–water partition coefficient (Wildman–Crippen LogP) is 2.03. The Balaban J connectivity index is 1.63. The molecule has 152 valence electrons. The molecule has 30 heavy (non-hydrogen) atoms. The van der Waals surface area contributed by atoms with Crippen molar-refractivity contribution < 1.29 is 19.1 Å². The molecule has 1 fully saturated rings. The molecule has 1 atom stereocenters. The van der Waals surface area contributed by atoms with Gasteiger partial charge in [0, 0.05) is 37.2 Å². The molecule has 1 N–H and O–H groups in total. The van der Waals surface area contributed by atoms with Crippen LogP contribution in [-0.2, 0) is 9.53 Å². The van der Waals surface area contributed by atoms with Crippen molar-refractivity contribution in [2.24, 2.45) is 0 Å². The maximum Gasteiger partial charge on any atom is 0.342 e. The van der Waals surface area contributed by atoms with Gasteiger partial charge in [0.1, 0.15) is 11.3 Å². The van der Waals surface area contributed by atoms with Crippen molar-refractivity contribution in [2.45, 2.75) is 13.0 Å². The van der Waals surface area contributed by atoms with Crippen LogP contribution in [0.2, 0.25) is 0 Å². The smallest absolute Gasteiger partial charge is 0.342 e. The molecule has 1 aromatic carbocycles. The average Bonchev–Trinajstić information content (AvgIpc) is 3.41. The molecular formula is C21H19N5O4. The van der Waals surface area contributed by atoms with E-state index in [0.717, 1.165) is 10.6 Å². The van der Waals surface area contributed by atoms with Gasteiger partial charge in [-0.3, -0.25) is 14.7 Å². The number of amides is 3. The first-order chi connectivity index (χ1) is 14.5. The molecule has 9 heteroatoms. The zero-order valence-electron chi connectivity index (χ0n) is 16.2. The van der Waals surface area contributed by atoms with Crippen molar-refractivity contribution >= 4 is 17.9 Å². The van der Waals surface area contributed by atoms with Crippen LogP contribution in [0.1, 0.15) is 17.3 Å². The summed E-state index contributed by atoms with van der Waals surface area (Å²) in [5.74, 6) is -1.28. The van der Waals surface area contributed by atoms with Crippen molar-refractivity contribution in [3.63, 3.8) is 0 Å². The molecule has 0 radical (unpaired) electrons. The van der Waals surface area contributed by atoms with E-state index in [4.69, 9.17) is 4.74 Å². The van der Waals surface area contributed by atoms with Crippen LogP contribution in [0.3, 0.4) is 0 Å². The van der Waals surface area contributed by atoms with E-state index >= 15 is 0 Å². The van der Waals surface area contributed by atoms with Crippen LogP contribution in [0.15, 0.2) is 61.1 Å². The van der Waals surface area contributed by atoms with Gasteiger partial charge in [0.25, 0.3) is 5.91 Å². The number of carbonyl (C=O) groups excluding carboxylic acids is 3. The average molecular weight is 405 g/mol. The first-order valence-corrected chi connectivity index (χ1v) is 9.40. The zero-order chi connectivity index (χ0) is 21.1. The molecule has 9 nitrogen and oxygen atoms in total. The van der Waals surface area contributed by atoms with Gasteiger partial charge in [-0.05, 0) is 31.2 Å². The molecule has 2 aromatic heterocycles. The number of esters is 1. The monoisotopic (exact) mass is 405 g/mol. The number of benzene rings is 1. The second-order valence-corrected chi connectivity index (χ2v) is 6.68. The molecule has 0 aliphatic carbocycles. The molecule has 3 heterocycles. The predicted molar refractivity (Wildman–Crippen MR) is 107 cm³/mol. The molecular weight excluding hydrogens is 386 g/mol. The highest BCUT2D eigenvalue weighted by molar-refractivity contribution is 6.01. The van der Waals surface area contributed by atoms with Crippen molar-refractivity contribution in [3.8, 4) is 16.9 Å². The number of imide groups is 1. The summed E-state index contributed by atoms with van der Waals surface area (Å²) in [5, 5.41) is 7.08. The summed E-state index contributed by atoms with van der Waals surface area (Å²) >= 11 is 0. The second-order valence-electron chi connectivity index (χ2n) is 6.68. The minimum Gasteiger partial charge on any atom is -0.449 e. The fourth-order valence-electron chi connectivity index (χ4n) is 3.13. The van der Waals surface area contributed by atoms with Crippen LogP contribution < -0.4 is 5.32 Å². The number of nitrogens with zero attached hydrogens (tertiary/aromatic N) is 4. The highest BCUT2D eigenvalue weighted by atomic mass is 16.5. The van der Waals surface area contributed by atoms with Gasteiger partial charge < -0.3 is 10.1 Å². The van der Waals surface area contributed by atoms with Gasteiger partial charge in [-0.25, -0.2) is 14.3 Å². The zero-order valence-corrected chi connectivity index (χ0v) is 16.2. The minimum atomic E-state index is -1.12. The third-order valence-corrected chi connectivity index (χ3v) is 4.64. The summed E-state index contributed by atoms with van der Waals surface area (Å²) in [5.41, 5.74) is 1.98. The van der Waals surface area contributed by atoms with E-state index in [2.05, 4.69) is 15.4 Å². The Hall–Kier alpha value is -4.01. The van der Waals surface area contributed by atoms with Crippen molar-refractivity contribution in [1.82, 2.24) is 25.0 Å². The number of pyridine rings is 1. The lowest BCUT2D eigenvalue weighted by Gasteiger charge is -2.18. The van der Waals surface area contributed by atoms with E-state index in [1.54, 1.807) is 35.4 Å². The van der Waals surface area contributed by atoms with Crippen molar-refractivity contribution in [1.29, 1.82) is 0 Å². The summed E-state index contributed by atoms with van der Waals surface area (Å²) < 4.78 is 6.96. The minimum absolute atomic E-state index is 0.192. The van der Waals surface area contributed by atoms with Gasteiger partial charge in [-0.2, -0.15) is 5.10 Å². The molecule has 0 saturated carbocycles.